The van der Waals surface area contributed by atoms with Crippen LogP contribution in [0.25, 0.3) is 22.3 Å². The average molecular weight is 681 g/mol. The van der Waals surface area contributed by atoms with Crippen LogP contribution in [0.3, 0.4) is 0 Å². The van der Waals surface area contributed by atoms with Crippen molar-refractivity contribution in [3.63, 3.8) is 0 Å². The number of hydrogen-bond donors (Lipinski definition) is 0. The van der Waals surface area contributed by atoms with E-state index >= 15 is 0 Å². The van der Waals surface area contributed by atoms with Crippen LogP contribution in [0, 0.1) is 0 Å². The third kappa shape index (κ3) is 8.32. The molecule has 1 aliphatic heterocycles. The first-order valence-corrected chi connectivity index (χ1v) is 19.1. The van der Waals surface area contributed by atoms with Crippen LogP contribution in [0.5, 0.6) is 23.0 Å². The van der Waals surface area contributed by atoms with Crippen LogP contribution >= 0.6 is 7.92 Å². The molecule has 1 heterocycles. The number of Topliss-reactive ketones (excluding diaryl/α,β-unsaturated/α-hetero) is 1. The molecule has 0 aromatic heterocycles. The standard InChI is InChI=1S/C43H53O5P/c1-27(2)45-35-21-15-22-36(46-28(3)4)40(35)33-19-14-20-34(41-37(47-29(5)6)23-16-24-38(41)48-30(7)8)42(33)49-39(31-17-12-11-13-18-31)25-32(44)26-43(49,9)10/h11-24,27-30,39H,25-26H2,1-10H3. The van der Waals surface area contributed by atoms with Crippen LogP contribution in [-0.4, -0.2) is 35.4 Å². The molecule has 0 N–H and O–H groups in total. The third-order valence-corrected chi connectivity index (χ3v) is 12.0. The van der Waals surface area contributed by atoms with Gasteiger partial charge >= 0.3 is 0 Å². The quantitative estimate of drug-likeness (QED) is 0.139. The van der Waals surface area contributed by atoms with E-state index in [4.69, 9.17) is 18.9 Å². The van der Waals surface area contributed by atoms with Gasteiger partial charge < -0.3 is 18.9 Å². The molecule has 5 rings (SSSR count). The summed E-state index contributed by atoms with van der Waals surface area (Å²) in [5.41, 5.74) is 5.15. The number of rotatable bonds is 12. The lowest BCUT2D eigenvalue weighted by atomic mass is 9.95. The minimum Gasteiger partial charge on any atom is -0.490 e. The Morgan fingerprint density at radius 3 is 1.35 bits per heavy atom. The molecule has 1 saturated heterocycles. The first-order valence-electron chi connectivity index (χ1n) is 17.7. The van der Waals surface area contributed by atoms with Gasteiger partial charge in [0.1, 0.15) is 28.8 Å². The molecule has 1 aliphatic rings. The van der Waals surface area contributed by atoms with Crippen molar-refractivity contribution in [2.45, 2.75) is 117 Å². The van der Waals surface area contributed by atoms with Gasteiger partial charge in [0.15, 0.2) is 0 Å². The Labute approximate surface area is 295 Å². The van der Waals surface area contributed by atoms with Crippen molar-refractivity contribution in [1.29, 1.82) is 0 Å². The summed E-state index contributed by atoms with van der Waals surface area (Å²) >= 11 is 0. The van der Waals surface area contributed by atoms with E-state index in [9.17, 15) is 4.79 Å². The van der Waals surface area contributed by atoms with Crippen LogP contribution in [0.15, 0.2) is 84.9 Å². The maximum absolute atomic E-state index is 13.6. The summed E-state index contributed by atoms with van der Waals surface area (Å²) in [5.74, 6) is 3.39. The second-order valence-corrected chi connectivity index (χ2v) is 17.7. The highest BCUT2D eigenvalue weighted by Gasteiger charge is 2.46. The van der Waals surface area contributed by atoms with Gasteiger partial charge in [-0.15, -0.1) is 0 Å². The molecule has 4 aromatic rings. The molecule has 0 radical (unpaired) electrons. The largest absolute Gasteiger partial charge is 0.490 e. The minimum absolute atomic E-state index is 0.00708. The first-order chi connectivity index (χ1) is 23.3. The highest BCUT2D eigenvalue weighted by atomic mass is 31.1. The van der Waals surface area contributed by atoms with Gasteiger partial charge in [-0.3, -0.25) is 4.79 Å². The summed E-state index contributed by atoms with van der Waals surface area (Å²) in [6.07, 6.45) is 0.824. The van der Waals surface area contributed by atoms with Crippen molar-refractivity contribution in [2.24, 2.45) is 0 Å². The van der Waals surface area contributed by atoms with Crippen LogP contribution in [0.2, 0.25) is 0 Å². The van der Waals surface area contributed by atoms with Crippen molar-refractivity contribution in [2.75, 3.05) is 0 Å². The van der Waals surface area contributed by atoms with Gasteiger partial charge in [0.2, 0.25) is 0 Å². The minimum atomic E-state index is -1.04. The molecule has 0 amide bonds. The molecule has 5 nitrogen and oxygen atoms in total. The van der Waals surface area contributed by atoms with E-state index in [0.29, 0.717) is 18.6 Å². The Kier molecular flexibility index (Phi) is 11.4. The zero-order valence-electron chi connectivity index (χ0n) is 30.9. The molecule has 1 fully saturated rings. The predicted molar refractivity (Wildman–Crippen MR) is 204 cm³/mol. The van der Waals surface area contributed by atoms with Gasteiger partial charge in [0.25, 0.3) is 0 Å². The number of benzene rings is 4. The number of ketones is 1. The monoisotopic (exact) mass is 680 g/mol. The Morgan fingerprint density at radius 2 is 0.959 bits per heavy atom. The second kappa shape index (κ2) is 15.4. The normalized spacial score (nSPS) is 17.6. The number of hydrogen-bond acceptors (Lipinski definition) is 5. The third-order valence-electron chi connectivity index (χ3n) is 8.44. The van der Waals surface area contributed by atoms with E-state index in [1.807, 2.05) is 42.5 Å². The summed E-state index contributed by atoms with van der Waals surface area (Å²) < 4.78 is 26.3. The number of ether oxygens (including phenoxy) is 4. The molecule has 49 heavy (non-hydrogen) atoms. The van der Waals surface area contributed by atoms with E-state index < -0.39 is 7.92 Å². The molecule has 0 saturated carbocycles. The van der Waals surface area contributed by atoms with E-state index in [2.05, 4.69) is 112 Å². The van der Waals surface area contributed by atoms with Gasteiger partial charge in [-0.05, 0) is 107 Å². The highest BCUT2D eigenvalue weighted by molar-refractivity contribution is 7.68. The number of carbonyl (C=O) groups is 1. The van der Waals surface area contributed by atoms with Crippen LogP contribution in [-0.2, 0) is 4.79 Å². The summed E-state index contributed by atoms with van der Waals surface area (Å²) in [6.45, 7) is 21.0. The molecule has 2 atom stereocenters. The fourth-order valence-corrected chi connectivity index (χ4v) is 10.8. The van der Waals surface area contributed by atoms with Crippen molar-refractivity contribution < 1.29 is 23.7 Å². The molecular weight excluding hydrogens is 627 g/mol. The summed E-state index contributed by atoms with van der Waals surface area (Å²) in [7, 11) is -1.04. The zero-order chi connectivity index (χ0) is 35.5. The Hall–Kier alpha value is -3.82. The van der Waals surface area contributed by atoms with Gasteiger partial charge in [0, 0.05) is 18.5 Å². The molecule has 0 spiro atoms. The molecule has 6 heteroatoms. The summed E-state index contributed by atoms with van der Waals surface area (Å²) in [5, 5.41) is 0.876. The topological polar surface area (TPSA) is 54.0 Å². The SMILES string of the molecule is CC(C)Oc1cccc(OC(C)C)c1-c1cccc(-c2c(OC(C)C)cccc2OC(C)C)c1P1C(c2ccccc2)CC(=O)CC1(C)C. The summed E-state index contributed by atoms with van der Waals surface area (Å²) in [4.78, 5) is 13.6. The highest BCUT2D eigenvalue weighted by Crippen LogP contribution is 2.68. The fraction of sp³-hybridized carbons (Fsp3) is 0.419. The Balaban J connectivity index is 1.96. The van der Waals surface area contributed by atoms with E-state index in [-0.39, 0.29) is 35.2 Å². The lowest BCUT2D eigenvalue weighted by molar-refractivity contribution is -0.119. The lowest BCUT2D eigenvalue weighted by Crippen LogP contribution is -2.36. The van der Waals surface area contributed by atoms with Gasteiger partial charge in [-0.25, -0.2) is 0 Å². The maximum atomic E-state index is 13.6. The molecule has 2 unspecified atom stereocenters. The number of carbonyl (C=O) groups excluding carboxylic acids is 1. The second-order valence-electron chi connectivity index (χ2n) is 14.7. The van der Waals surface area contributed by atoms with Crippen molar-refractivity contribution in [3.8, 4) is 45.3 Å². The lowest BCUT2D eigenvalue weighted by Gasteiger charge is -2.46. The summed E-state index contributed by atoms with van der Waals surface area (Å²) in [6, 6.07) is 29.3. The van der Waals surface area contributed by atoms with Crippen molar-refractivity contribution >= 4 is 19.0 Å². The van der Waals surface area contributed by atoms with Gasteiger partial charge in [-0.1, -0.05) is 82.4 Å². The fourth-order valence-electron chi connectivity index (χ4n) is 6.94. The van der Waals surface area contributed by atoms with Crippen LogP contribution in [0.1, 0.15) is 93.3 Å². The van der Waals surface area contributed by atoms with E-state index in [0.717, 1.165) is 45.3 Å². The average Bonchev–Trinajstić information content (AvgIpc) is 3.00. The van der Waals surface area contributed by atoms with Crippen molar-refractivity contribution in [1.82, 2.24) is 0 Å². The Morgan fingerprint density at radius 1 is 0.571 bits per heavy atom. The molecule has 0 bridgehead atoms. The first kappa shape index (κ1) is 36.5. The Bertz CT molecular complexity index is 1600. The van der Waals surface area contributed by atoms with E-state index in [1.165, 1.54) is 10.9 Å². The maximum Gasteiger partial charge on any atom is 0.134 e. The molecule has 260 valence electrons. The van der Waals surface area contributed by atoms with Crippen LogP contribution < -0.4 is 24.3 Å². The van der Waals surface area contributed by atoms with Crippen LogP contribution in [0.4, 0.5) is 0 Å². The predicted octanol–water partition coefficient (Wildman–Crippen LogP) is 11.2. The van der Waals surface area contributed by atoms with Gasteiger partial charge in [0.05, 0.1) is 35.5 Å². The van der Waals surface area contributed by atoms with E-state index in [1.54, 1.807) is 0 Å². The molecule has 0 aliphatic carbocycles. The smallest absolute Gasteiger partial charge is 0.134 e. The zero-order valence-corrected chi connectivity index (χ0v) is 31.8. The molecular formula is C43H53O5P. The molecule has 4 aromatic carbocycles. The van der Waals surface area contributed by atoms with Crippen molar-refractivity contribution in [3.05, 3.63) is 90.5 Å². The van der Waals surface area contributed by atoms with Gasteiger partial charge in [-0.2, -0.15) is 0 Å².